The third kappa shape index (κ3) is 8.76. The lowest BCUT2D eigenvalue weighted by atomic mass is 9.78. The Kier molecular flexibility index (Phi) is 6.64. The quantitative estimate of drug-likeness (QED) is 0.275. The minimum absolute atomic E-state index is 0.0743. The number of rotatable bonds is 7. The molecule has 0 atom stereocenters. The molecule has 23 heavy (non-hydrogen) atoms. The second kappa shape index (κ2) is 7.05. The van der Waals surface area contributed by atoms with Crippen molar-refractivity contribution in [3.63, 3.8) is 0 Å². The van der Waals surface area contributed by atoms with Crippen LogP contribution in [-0.4, -0.2) is 28.6 Å². The molecule has 0 aromatic rings. The van der Waals surface area contributed by atoms with Crippen molar-refractivity contribution < 1.29 is 9.59 Å². The van der Waals surface area contributed by atoms with Crippen molar-refractivity contribution in [3.8, 4) is 0 Å². The van der Waals surface area contributed by atoms with Crippen LogP contribution in [0, 0.1) is 5.41 Å². The van der Waals surface area contributed by atoms with Gasteiger partial charge in [0.15, 0.2) is 0 Å². The van der Waals surface area contributed by atoms with Gasteiger partial charge in [-0.1, -0.05) is 13.8 Å². The van der Waals surface area contributed by atoms with Crippen LogP contribution < -0.4 is 27.6 Å². The van der Waals surface area contributed by atoms with Crippen LogP contribution in [0.1, 0.15) is 68.2 Å². The molecule has 0 rings (SSSR count). The van der Waals surface area contributed by atoms with Gasteiger partial charge in [-0.25, -0.2) is 10.6 Å². The first-order valence-electron chi connectivity index (χ1n) is 7.90. The highest BCUT2D eigenvalue weighted by molar-refractivity contribution is 5.82. The van der Waals surface area contributed by atoms with Gasteiger partial charge in [-0.3, -0.25) is 10.2 Å². The SMILES string of the molecule is CC(C)(N)CC(C)(C)NC(=O)C(C)(C)CC(C)(C)NC(=O)NN. The Morgan fingerprint density at radius 1 is 0.826 bits per heavy atom. The molecule has 0 aliphatic rings. The number of hydrogen-bond acceptors (Lipinski definition) is 4. The van der Waals surface area contributed by atoms with Crippen molar-refractivity contribution in [2.24, 2.45) is 17.0 Å². The van der Waals surface area contributed by atoms with Crippen LogP contribution in [0.4, 0.5) is 4.79 Å². The summed E-state index contributed by atoms with van der Waals surface area (Å²) in [5.41, 5.74) is 6.06. The van der Waals surface area contributed by atoms with E-state index in [9.17, 15) is 9.59 Å². The lowest BCUT2D eigenvalue weighted by Gasteiger charge is -2.39. The molecule has 7 N–H and O–H groups in total. The second-order valence-electron chi connectivity index (χ2n) is 9.05. The Bertz CT molecular complexity index is 436. The van der Waals surface area contributed by atoms with Gasteiger partial charge in [0, 0.05) is 22.0 Å². The first kappa shape index (κ1) is 21.7. The van der Waals surface area contributed by atoms with E-state index in [1.807, 2.05) is 60.8 Å². The van der Waals surface area contributed by atoms with Crippen molar-refractivity contribution in [1.82, 2.24) is 16.1 Å². The lowest BCUT2D eigenvalue weighted by Crippen LogP contribution is -2.56. The smallest absolute Gasteiger partial charge is 0.329 e. The fourth-order valence-electron chi connectivity index (χ4n) is 3.23. The molecule has 0 spiro atoms. The molecule has 0 fully saturated rings. The fraction of sp³-hybridized carbons (Fsp3) is 0.875. The topological polar surface area (TPSA) is 122 Å². The first-order valence-corrected chi connectivity index (χ1v) is 7.90. The van der Waals surface area contributed by atoms with E-state index in [4.69, 9.17) is 11.6 Å². The first-order chi connectivity index (χ1) is 10.00. The summed E-state index contributed by atoms with van der Waals surface area (Å²) in [7, 11) is 0. The molecule has 0 saturated heterocycles. The Balaban J connectivity index is 4.93. The summed E-state index contributed by atoms with van der Waals surface area (Å²) in [6.07, 6.45) is 1.11. The number of urea groups is 1. The number of amides is 3. The van der Waals surface area contributed by atoms with Crippen LogP contribution in [0.2, 0.25) is 0 Å². The van der Waals surface area contributed by atoms with E-state index in [1.165, 1.54) is 0 Å². The zero-order chi connectivity index (χ0) is 18.7. The normalized spacial score (nSPS) is 13.5. The number of carbonyl (C=O) groups excluding carboxylic acids is 2. The zero-order valence-corrected chi connectivity index (χ0v) is 15.9. The molecule has 0 unspecified atom stereocenters. The van der Waals surface area contributed by atoms with Crippen LogP contribution >= 0.6 is 0 Å². The molecule has 0 aromatic heterocycles. The molecule has 0 radical (unpaired) electrons. The van der Waals surface area contributed by atoms with E-state index >= 15 is 0 Å². The molecule has 0 aliphatic heterocycles. The van der Waals surface area contributed by atoms with Crippen LogP contribution in [0.25, 0.3) is 0 Å². The van der Waals surface area contributed by atoms with Crippen molar-refractivity contribution in [2.45, 2.75) is 84.8 Å². The Labute approximate surface area is 140 Å². The average molecular weight is 329 g/mol. The largest absolute Gasteiger partial charge is 0.351 e. The standard InChI is InChI=1S/C16H35N5O2/c1-13(2,9-15(5,6)20-12(23)21-18)11(22)19-16(7,8)10-14(3,4)17/h9-10,17-18H2,1-8H3,(H,19,22)(H2,20,21,23). The van der Waals surface area contributed by atoms with Gasteiger partial charge in [0.1, 0.15) is 0 Å². The minimum atomic E-state index is -0.665. The summed E-state index contributed by atoms with van der Waals surface area (Å²) in [6.45, 7) is 15.2. The number of nitrogens with one attached hydrogen (secondary N) is 3. The fourth-order valence-corrected chi connectivity index (χ4v) is 3.23. The maximum Gasteiger partial charge on any atom is 0.329 e. The molecule has 0 saturated carbocycles. The highest BCUT2D eigenvalue weighted by Gasteiger charge is 2.38. The Hall–Kier alpha value is -1.34. The van der Waals surface area contributed by atoms with Crippen LogP contribution in [0.3, 0.4) is 0 Å². The summed E-state index contributed by atoms with van der Waals surface area (Å²) < 4.78 is 0. The Morgan fingerprint density at radius 2 is 1.26 bits per heavy atom. The summed E-state index contributed by atoms with van der Waals surface area (Å²) in [4.78, 5) is 24.1. The Morgan fingerprint density at radius 3 is 1.65 bits per heavy atom. The molecule has 7 nitrogen and oxygen atoms in total. The van der Waals surface area contributed by atoms with E-state index in [2.05, 4.69) is 10.6 Å². The van der Waals surface area contributed by atoms with E-state index in [0.717, 1.165) is 0 Å². The van der Waals surface area contributed by atoms with Gasteiger partial charge in [-0.2, -0.15) is 0 Å². The number of hydrogen-bond donors (Lipinski definition) is 5. The third-order valence-corrected chi connectivity index (χ3v) is 3.43. The third-order valence-electron chi connectivity index (χ3n) is 3.43. The zero-order valence-electron chi connectivity index (χ0n) is 15.9. The monoisotopic (exact) mass is 329 g/mol. The minimum Gasteiger partial charge on any atom is -0.351 e. The van der Waals surface area contributed by atoms with Gasteiger partial charge in [-0.15, -0.1) is 0 Å². The molecule has 3 amide bonds. The molecule has 136 valence electrons. The maximum atomic E-state index is 12.7. The van der Waals surface area contributed by atoms with Gasteiger partial charge in [0.25, 0.3) is 0 Å². The van der Waals surface area contributed by atoms with Gasteiger partial charge in [-0.05, 0) is 54.4 Å². The lowest BCUT2D eigenvalue weighted by molar-refractivity contribution is -0.132. The van der Waals surface area contributed by atoms with Crippen molar-refractivity contribution in [3.05, 3.63) is 0 Å². The number of nitrogens with two attached hydrogens (primary N) is 2. The van der Waals surface area contributed by atoms with Gasteiger partial charge < -0.3 is 16.4 Å². The molecule has 0 heterocycles. The molecule has 0 aliphatic carbocycles. The predicted octanol–water partition coefficient (Wildman–Crippen LogP) is 1.38. The van der Waals surface area contributed by atoms with Crippen LogP contribution in [0.5, 0.6) is 0 Å². The van der Waals surface area contributed by atoms with E-state index in [0.29, 0.717) is 12.8 Å². The summed E-state index contributed by atoms with van der Waals surface area (Å²) in [6, 6.07) is -0.476. The summed E-state index contributed by atoms with van der Waals surface area (Å²) >= 11 is 0. The summed E-state index contributed by atoms with van der Waals surface area (Å²) in [5.74, 6) is 5.02. The number of carbonyl (C=O) groups is 2. The van der Waals surface area contributed by atoms with Crippen LogP contribution in [-0.2, 0) is 4.79 Å². The molecule has 7 heteroatoms. The predicted molar refractivity (Wildman–Crippen MR) is 93.4 cm³/mol. The van der Waals surface area contributed by atoms with Gasteiger partial charge in [0.2, 0.25) is 5.91 Å². The molecule has 0 aromatic carbocycles. The average Bonchev–Trinajstić information content (AvgIpc) is 2.21. The van der Waals surface area contributed by atoms with Crippen LogP contribution in [0.15, 0.2) is 0 Å². The molecular formula is C16H35N5O2. The van der Waals surface area contributed by atoms with Gasteiger partial charge in [0.05, 0.1) is 0 Å². The van der Waals surface area contributed by atoms with Crippen molar-refractivity contribution in [2.75, 3.05) is 0 Å². The van der Waals surface area contributed by atoms with Gasteiger partial charge >= 0.3 is 6.03 Å². The highest BCUT2D eigenvalue weighted by Crippen LogP contribution is 2.29. The highest BCUT2D eigenvalue weighted by atomic mass is 16.2. The number of hydrazine groups is 1. The molecule has 0 bridgehead atoms. The van der Waals surface area contributed by atoms with Crippen molar-refractivity contribution in [1.29, 1.82) is 0 Å². The van der Waals surface area contributed by atoms with E-state index in [1.54, 1.807) is 0 Å². The van der Waals surface area contributed by atoms with E-state index < -0.39 is 22.5 Å². The second-order valence-corrected chi connectivity index (χ2v) is 9.05. The van der Waals surface area contributed by atoms with E-state index in [-0.39, 0.29) is 11.4 Å². The molecular weight excluding hydrogens is 294 g/mol. The maximum absolute atomic E-state index is 12.7. The van der Waals surface area contributed by atoms with Crippen molar-refractivity contribution >= 4 is 11.9 Å². The summed E-state index contributed by atoms with van der Waals surface area (Å²) in [5, 5.41) is 5.81.